The van der Waals surface area contributed by atoms with Gasteiger partial charge in [-0.1, -0.05) is 34.6 Å². The number of benzene rings is 1. The highest BCUT2D eigenvalue weighted by atomic mass is 32.1. The number of ether oxygens (including phenoxy) is 1. The average Bonchev–Trinajstić information content (AvgIpc) is 3.01. The van der Waals surface area contributed by atoms with E-state index in [-0.39, 0.29) is 5.56 Å². The number of nitrogens with zero attached hydrogens (tertiary/aromatic N) is 3. The molecule has 0 aliphatic rings. The Bertz CT molecular complexity index is 789. The molecule has 7 heteroatoms. The predicted molar refractivity (Wildman–Crippen MR) is 76.2 cm³/mol. The summed E-state index contributed by atoms with van der Waals surface area (Å²) in [6.07, 6.45) is 0. The Balaban J connectivity index is 2.12. The van der Waals surface area contributed by atoms with Crippen LogP contribution in [0.2, 0.25) is 0 Å². The van der Waals surface area contributed by atoms with Crippen LogP contribution in [0.15, 0.2) is 34.6 Å². The second-order valence-corrected chi connectivity index (χ2v) is 5.07. The maximum absolute atomic E-state index is 12.2. The first kappa shape index (κ1) is 12.6. The van der Waals surface area contributed by atoms with Crippen LogP contribution in [0.5, 0.6) is 10.9 Å². The maximum atomic E-state index is 12.2. The molecule has 0 fully saturated rings. The molecule has 102 valence electrons. The van der Waals surface area contributed by atoms with Crippen LogP contribution in [-0.4, -0.2) is 20.0 Å². The van der Waals surface area contributed by atoms with Crippen molar-refractivity contribution in [3.63, 3.8) is 0 Å². The second-order valence-electron chi connectivity index (χ2n) is 4.28. The number of aromatic nitrogens is 4. The van der Waals surface area contributed by atoms with Crippen LogP contribution in [0, 0.1) is 6.92 Å². The van der Waals surface area contributed by atoms with Gasteiger partial charge >= 0.3 is 0 Å². The van der Waals surface area contributed by atoms with Crippen LogP contribution < -0.4 is 10.3 Å². The fourth-order valence-electron chi connectivity index (χ4n) is 2.07. The van der Waals surface area contributed by atoms with Crippen LogP contribution in [0.4, 0.5) is 0 Å². The monoisotopic (exact) mass is 288 g/mol. The van der Waals surface area contributed by atoms with Crippen molar-refractivity contribution in [1.82, 2.24) is 20.0 Å². The zero-order valence-electron chi connectivity index (χ0n) is 11.0. The van der Waals surface area contributed by atoms with Crippen molar-refractivity contribution in [2.75, 3.05) is 0 Å². The fraction of sp³-hybridized carbons (Fsp3) is 0.154. The number of aromatic amines is 1. The molecule has 0 saturated heterocycles. The first-order valence-electron chi connectivity index (χ1n) is 5.96. The minimum Gasteiger partial charge on any atom is -0.429 e. The van der Waals surface area contributed by atoms with E-state index in [9.17, 15) is 4.79 Å². The van der Waals surface area contributed by atoms with E-state index in [1.807, 2.05) is 31.2 Å². The summed E-state index contributed by atoms with van der Waals surface area (Å²) in [5, 5.41) is 11.0. The van der Waals surface area contributed by atoms with Crippen LogP contribution in [0.1, 0.15) is 5.69 Å². The second kappa shape index (κ2) is 4.93. The summed E-state index contributed by atoms with van der Waals surface area (Å²) < 4.78 is 7.16. The molecule has 0 saturated carbocycles. The Morgan fingerprint density at radius 3 is 2.80 bits per heavy atom. The lowest BCUT2D eigenvalue weighted by Gasteiger charge is -2.07. The first-order chi connectivity index (χ1) is 9.66. The van der Waals surface area contributed by atoms with E-state index in [1.165, 1.54) is 16.0 Å². The molecule has 2 aromatic heterocycles. The number of hydrogen-bond donors (Lipinski definition) is 1. The number of H-pyrrole nitrogens is 1. The number of hydrogen-bond acceptors (Lipinski definition) is 5. The number of rotatable bonds is 3. The molecule has 0 unspecified atom stereocenters. The van der Waals surface area contributed by atoms with Crippen LogP contribution in [0.25, 0.3) is 11.1 Å². The summed E-state index contributed by atoms with van der Waals surface area (Å²) >= 11 is 1.30. The minimum absolute atomic E-state index is 0.0872. The van der Waals surface area contributed by atoms with Crippen molar-refractivity contribution in [2.45, 2.75) is 6.92 Å². The third-order valence-electron chi connectivity index (χ3n) is 2.92. The van der Waals surface area contributed by atoms with Gasteiger partial charge in [-0.2, -0.15) is 0 Å². The Morgan fingerprint density at radius 1 is 1.35 bits per heavy atom. The fourth-order valence-corrected chi connectivity index (χ4v) is 2.48. The van der Waals surface area contributed by atoms with Gasteiger partial charge in [-0.15, -0.1) is 5.10 Å². The molecule has 1 aromatic carbocycles. The van der Waals surface area contributed by atoms with Crippen molar-refractivity contribution in [2.24, 2.45) is 7.05 Å². The van der Waals surface area contributed by atoms with Gasteiger partial charge in [0.25, 0.3) is 10.8 Å². The SMILES string of the molecule is Cc1[nH]n(C)c(=O)c1-c1ccccc1Oc1nncs1. The van der Waals surface area contributed by atoms with E-state index < -0.39 is 0 Å². The predicted octanol–water partition coefficient (Wildman–Crippen LogP) is 2.33. The van der Waals surface area contributed by atoms with Gasteiger partial charge in [-0.3, -0.25) is 14.6 Å². The lowest BCUT2D eigenvalue weighted by Crippen LogP contribution is -2.13. The molecule has 3 rings (SSSR count). The molecule has 1 N–H and O–H groups in total. The highest BCUT2D eigenvalue weighted by Crippen LogP contribution is 2.33. The zero-order valence-corrected chi connectivity index (χ0v) is 11.8. The Hall–Kier alpha value is -2.41. The summed E-state index contributed by atoms with van der Waals surface area (Å²) in [4.78, 5) is 12.2. The third kappa shape index (κ3) is 2.12. The average molecular weight is 288 g/mol. The van der Waals surface area contributed by atoms with Gasteiger partial charge < -0.3 is 4.74 Å². The Labute approximate surface area is 118 Å². The molecule has 0 aliphatic heterocycles. The van der Waals surface area contributed by atoms with E-state index >= 15 is 0 Å². The van der Waals surface area contributed by atoms with Crippen molar-refractivity contribution < 1.29 is 4.74 Å². The van der Waals surface area contributed by atoms with Crippen molar-refractivity contribution in [3.05, 3.63) is 45.8 Å². The molecule has 0 spiro atoms. The molecule has 20 heavy (non-hydrogen) atoms. The smallest absolute Gasteiger partial charge is 0.299 e. The normalized spacial score (nSPS) is 10.7. The summed E-state index contributed by atoms with van der Waals surface area (Å²) in [5.41, 5.74) is 3.65. The van der Waals surface area contributed by atoms with E-state index in [0.29, 0.717) is 16.5 Å². The van der Waals surface area contributed by atoms with E-state index in [2.05, 4.69) is 15.3 Å². The molecular formula is C13H12N4O2S. The lowest BCUT2D eigenvalue weighted by molar-refractivity contribution is 0.475. The summed E-state index contributed by atoms with van der Waals surface area (Å²) in [7, 11) is 1.69. The largest absolute Gasteiger partial charge is 0.429 e. The van der Waals surface area contributed by atoms with Gasteiger partial charge in [0.2, 0.25) is 0 Å². The summed E-state index contributed by atoms with van der Waals surface area (Å²) in [6.45, 7) is 1.86. The number of para-hydroxylation sites is 1. The summed E-state index contributed by atoms with van der Waals surface area (Å²) in [5.74, 6) is 0.587. The molecule has 6 nitrogen and oxygen atoms in total. The Morgan fingerprint density at radius 2 is 2.15 bits per heavy atom. The van der Waals surface area contributed by atoms with E-state index in [4.69, 9.17) is 4.74 Å². The molecule has 0 atom stereocenters. The van der Waals surface area contributed by atoms with Gasteiger partial charge in [0.15, 0.2) is 0 Å². The third-order valence-corrected chi connectivity index (χ3v) is 3.49. The van der Waals surface area contributed by atoms with Crippen LogP contribution >= 0.6 is 11.3 Å². The van der Waals surface area contributed by atoms with E-state index in [0.717, 1.165) is 11.3 Å². The minimum atomic E-state index is -0.0872. The van der Waals surface area contributed by atoms with E-state index in [1.54, 1.807) is 12.6 Å². The quantitative estimate of drug-likeness (QED) is 0.803. The standard InChI is InChI=1S/C13H12N4O2S/c1-8-11(12(18)17(2)16-8)9-5-3-4-6-10(9)19-13-15-14-7-20-13/h3-7,16H,1-2H3. The van der Waals surface area contributed by atoms with Gasteiger partial charge in [0.1, 0.15) is 11.3 Å². The lowest BCUT2D eigenvalue weighted by atomic mass is 10.1. The van der Waals surface area contributed by atoms with Gasteiger partial charge in [0.05, 0.1) is 5.56 Å². The topological polar surface area (TPSA) is 72.8 Å². The molecule has 0 radical (unpaired) electrons. The van der Waals surface area contributed by atoms with Gasteiger partial charge in [-0.25, -0.2) is 0 Å². The van der Waals surface area contributed by atoms with Crippen molar-refractivity contribution >= 4 is 11.3 Å². The molecule has 0 amide bonds. The first-order valence-corrected chi connectivity index (χ1v) is 6.84. The maximum Gasteiger partial charge on any atom is 0.299 e. The number of nitrogens with one attached hydrogen (secondary N) is 1. The molecule has 0 aliphatic carbocycles. The zero-order chi connectivity index (χ0) is 14.1. The summed E-state index contributed by atoms with van der Waals surface area (Å²) in [6, 6.07) is 7.39. The highest BCUT2D eigenvalue weighted by Gasteiger charge is 2.16. The van der Waals surface area contributed by atoms with Crippen molar-refractivity contribution in [1.29, 1.82) is 0 Å². The van der Waals surface area contributed by atoms with Gasteiger partial charge in [0, 0.05) is 18.3 Å². The van der Waals surface area contributed by atoms with Crippen molar-refractivity contribution in [3.8, 4) is 22.1 Å². The molecular weight excluding hydrogens is 276 g/mol. The molecule has 3 aromatic rings. The van der Waals surface area contributed by atoms with Gasteiger partial charge in [-0.05, 0) is 13.0 Å². The van der Waals surface area contributed by atoms with Crippen LogP contribution in [-0.2, 0) is 7.05 Å². The van der Waals surface area contributed by atoms with Crippen LogP contribution in [0.3, 0.4) is 0 Å². The number of aryl methyl sites for hydroxylation is 2. The highest BCUT2D eigenvalue weighted by molar-refractivity contribution is 7.11. The Kier molecular flexibility index (Phi) is 3.11. The molecule has 2 heterocycles. The molecule has 0 bridgehead atoms.